The molecule has 0 bridgehead atoms. The highest BCUT2D eigenvalue weighted by Gasteiger charge is 2.06. The molecule has 0 amide bonds. The van der Waals surface area contributed by atoms with Crippen LogP contribution in [0.5, 0.6) is 11.5 Å². The van der Waals surface area contributed by atoms with Crippen molar-refractivity contribution in [2.75, 3.05) is 33.4 Å². The molecule has 92 valence electrons. The zero-order valence-corrected chi connectivity index (χ0v) is 9.80. The van der Waals surface area contributed by atoms with Gasteiger partial charge in [-0.15, -0.1) is 0 Å². The fraction of sp³-hybridized carbons (Fsp3) is 0.417. The van der Waals surface area contributed by atoms with Gasteiger partial charge in [-0.1, -0.05) is 0 Å². The number of hydrogen-bond acceptors (Lipinski definition) is 5. The predicted octanol–water partition coefficient (Wildman–Crippen LogP) is 1.07. The van der Waals surface area contributed by atoms with Crippen molar-refractivity contribution in [3.63, 3.8) is 0 Å². The van der Waals surface area contributed by atoms with Crippen molar-refractivity contribution in [2.24, 2.45) is 5.10 Å². The van der Waals surface area contributed by atoms with E-state index in [0.29, 0.717) is 19.0 Å². The maximum absolute atomic E-state index is 9.61. The van der Waals surface area contributed by atoms with Crippen LogP contribution in [0.25, 0.3) is 0 Å². The number of rotatable bonds is 3. The highest BCUT2D eigenvalue weighted by molar-refractivity contribution is 5.80. The maximum Gasteiger partial charge on any atom is 0.160 e. The first kappa shape index (κ1) is 11.7. The Balaban J connectivity index is 2.02. The Labute approximate surface area is 100 Å². The molecule has 1 fully saturated rings. The van der Waals surface area contributed by atoms with E-state index in [-0.39, 0.29) is 5.75 Å². The molecule has 5 nitrogen and oxygen atoms in total. The van der Waals surface area contributed by atoms with Crippen molar-refractivity contribution in [1.29, 1.82) is 0 Å². The summed E-state index contributed by atoms with van der Waals surface area (Å²) in [6.07, 6.45) is 1.73. The lowest BCUT2D eigenvalue weighted by Gasteiger charge is -2.23. The predicted molar refractivity (Wildman–Crippen MR) is 64.6 cm³/mol. The minimum absolute atomic E-state index is 0.124. The maximum atomic E-state index is 9.61. The van der Waals surface area contributed by atoms with Gasteiger partial charge in [0.05, 0.1) is 39.6 Å². The highest BCUT2D eigenvalue weighted by atomic mass is 16.5. The molecular formula is C12H16N2O3. The van der Waals surface area contributed by atoms with E-state index in [9.17, 15) is 5.11 Å². The van der Waals surface area contributed by atoms with Crippen LogP contribution in [0.1, 0.15) is 5.56 Å². The van der Waals surface area contributed by atoms with E-state index in [0.717, 1.165) is 18.7 Å². The fourth-order valence-electron chi connectivity index (χ4n) is 1.60. The summed E-state index contributed by atoms with van der Waals surface area (Å²) < 4.78 is 10.2. The smallest absolute Gasteiger partial charge is 0.160 e. The summed E-state index contributed by atoms with van der Waals surface area (Å²) in [5.41, 5.74) is 0.842. The van der Waals surface area contributed by atoms with Crippen molar-refractivity contribution >= 4 is 6.21 Å². The number of hydrazone groups is 1. The van der Waals surface area contributed by atoms with Crippen LogP contribution in [-0.2, 0) is 4.74 Å². The van der Waals surface area contributed by atoms with Gasteiger partial charge in [0.1, 0.15) is 0 Å². The first-order chi connectivity index (χ1) is 8.29. The molecule has 1 N–H and O–H groups in total. The Bertz CT molecular complexity index is 401. The van der Waals surface area contributed by atoms with Crippen molar-refractivity contribution in [3.05, 3.63) is 23.8 Å². The summed E-state index contributed by atoms with van der Waals surface area (Å²) in [6.45, 7) is 3.04. The van der Waals surface area contributed by atoms with Gasteiger partial charge in [-0.05, 0) is 23.8 Å². The zero-order valence-electron chi connectivity index (χ0n) is 9.80. The number of phenols is 1. The third-order valence-electron chi connectivity index (χ3n) is 2.56. The number of benzene rings is 1. The van der Waals surface area contributed by atoms with E-state index in [2.05, 4.69) is 5.10 Å². The Morgan fingerprint density at radius 2 is 2.18 bits per heavy atom. The molecule has 1 saturated heterocycles. The van der Waals surface area contributed by atoms with Gasteiger partial charge in [-0.2, -0.15) is 5.10 Å². The third kappa shape index (κ3) is 3.10. The van der Waals surface area contributed by atoms with Crippen LogP contribution in [0.2, 0.25) is 0 Å². The van der Waals surface area contributed by atoms with Crippen LogP contribution in [0, 0.1) is 0 Å². The van der Waals surface area contributed by atoms with Gasteiger partial charge in [-0.25, -0.2) is 0 Å². The van der Waals surface area contributed by atoms with Gasteiger partial charge in [-0.3, -0.25) is 5.01 Å². The minimum atomic E-state index is 0.124. The molecule has 17 heavy (non-hydrogen) atoms. The SMILES string of the molecule is COc1ccc(/C=N/N2CCOCC2)cc1O. The minimum Gasteiger partial charge on any atom is -0.504 e. The molecular weight excluding hydrogens is 220 g/mol. The third-order valence-corrected chi connectivity index (χ3v) is 2.56. The molecule has 1 aliphatic heterocycles. The second-order valence-electron chi connectivity index (χ2n) is 3.74. The van der Waals surface area contributed by atoms with Crippen LogP contribution in [0.3, 0.4) is 0 Å². The summed E-state index contributed by atoms with van der Waals surface area (Å²) in [7, 11) is 1.52. The van der Waals surface area contributed by atoms with E-state index >= 15 is 0 Å². The molecule has 1 aromatic rings. The quantitative estimate of drug-likeness (QED) is 0.797. The summed E-state index contributed by atoms with van der Waals surface area (Å²) in [4.78, 5) is 0. The molecule has 1 heterocycles. The molecule has 0 spiro atoms. The largest absolute Gasteiger partial charge is 0.504 e. The summed E-state index contributed by atoms with van der Waals surface area (Å²) >= 11 is 0. The molecule has 2 rings (SSSR count). The first-order valence-corrected chi connectivity index (χ1v) is 5.53. The Morgan fingerprint density at radius 1 is 1.41 bits per heavy atom. The monoisotopic (exact) mass is 236 g/mol. The van der Waals surface area contributed by atoms with E-state index in [1.807, 2.05) is 11.1 Å². The number of nitrogens with zero attached hydrogens (tertiary/aromatic N) is 2. The van der Waals surface area contributed by atoms with E-state index in [1.165, 1.54) is 7.11 Å². The fourth-order valence-corrected chi connectivity index (χ4v) is 1.60. The molecule has 0 saturated carbocycles. The number of aromatic hydroxyl groups is 1. The van der Waals surface area contributed by atoms with Gasteiger partial charge in [0.25, 0.3) is 0 Å². The van der Waals surface area contributed by atoms with E-state index < -0.39 is 0 Å². The van der Waals surface area contributed by atoms with Gasteiger partial charge in [0, 0.05) is 0 Å². The molecule has 0 atom stereocenters. The van der Waals surface area contributed by atoms with Crippen molar-refractivity contribution in [2.45, 2.75) is 0 Å². The summed E-state index contributed by atoms with van der Waals surface area (Å²) in [5.74, 6) is 0.590. The highest BCUT2D eigenvalue weighted by Crippen LogP contribution is 2.25. The van der Waals surface area contributed by atoms with E-state index in [1.54, 1.807) is 18.3 Å². The second-order valence-corrected chi connectivity index (χ2v) is 3.74. The molecule has 1 aromatic carbocycles. The first-order valence-electron chi connectivity index (χ1n) is 5.53. The molecule has 0 aromatic heterocycles. The lowest BCUT2D eigenvalue weighted by atomic mass is 10.2. The van der Waals surface area contributed by atoms with Crippen LogP contribution in [0.4, 0.5) is 0 Å². The van der Waals surface area contributed by atoms with Gasteiger partial charge in [0.2, 0.25) is 0 Å². The van der Waals surface area contributed by atoms with Crippen LogP contribution < -0.4 is 4.74 Å². The molecule has 5 heteroatoms. The average Bonchev–Trinajstić information content (AvgIpc) is 2.38. The van der Waals surface area contributed by atoms with Crippen molar-refractivity contribution in [3.8, 4) is 11.5 Å². The lowest BCUT2D eigenvalue weighted by Crippen LogP contribution is -2.32. The van der Waals surface area contributed by atoms with E-state index in [4.69, 9.17) is 9.47 Å². The average molecular weight is 236 g/mol. The number of ether oxygens (including phenoxy) is 2. The normalized spacial score (nSPS) is 16.4. The van der Waals surface area contributed by atoms with Gasteiger partial charge < -0.3 is 14.6 Å². The van der Waals surface area contributed by atoms with Crippen molar-refractivity contribution in [1.82, 2.24) is 5.01 Å². The number of morpholine rings is 1. The van der Waals surface area contributed by atoms with Gasteiger partial charge >= 0.3 is 0 Å². The topological polar surface area (TPSA) is 54.3 Å². The Morgan fingerprint density at radius 3 is 2.82 bits per heavy atom. The van der Waals surface area contributed by atoms with Crippen LogP contribution >= 0.6 is 0 Å². The standard InChI is InChI=1S/C12H16N2O3/c1-16-12-3-2-10(8-11(12)15)9-13-14-4-6-17-7-5-14/h2-3,8-9,15H,4-7H2,1H3/b13-9+. The van der Waals surface area contributed by atoms with Crippen molar-refractivity contribution < 1.29 is 14.6 Å². The Hall–Kier alpha value is -1.75. The number of phenolic OH excluding ortho intramolecular Hbond substituents is 1. The molecule has 0 aliphatic carbocycles. The molecule has 0 radical (unpaired) electrons. The summed E-state index contributed by atoms with van der Waals surface area (Å²) in [5, 5.41) is 15.9. The Kier molecular flexibility index (Phi) is 3.82. The second kappa shape index (κ2) is 5.54. The number of methoxy groups -OCH3 is 1. The van der Waals surface area contributed by atoms with Gasteiger partial charge in [0.15, 0.2) is 11.5 Å². The summed E-state index contributed by atoms with van der Waals surface area (Å²) in [6, 6.07) is 5.20. The van der Waals surface area contributed by atoms with Crippen LogP contribution in [0.15, 0.2) is 23.3 Å². The zero-order chi connectivity index (χ0) is 12.1. The number of hydrogen-bond donors (Lipinski definition) is 1. The molecule has 1 aliphatic rings. The lowest BCUT2D eigenvalue weighted by molar-refractivity contribution is 0.0397. The van der Waals surface area contributed by atoms with Crippen LogP contribution in [-0.4, -0.2) is 49.7 Å². The molecule has 0 unspecified atom stereocenters.